The van der Waals surface area contributed by atoms with Gasteiger partial charge >= 0.3 is 0 Å². The number of rotatable bonds is 1. The van der Waals surface area contributed by atoms with E-state index >= 15 is 0 Å². The minimum absolute atomic E-state index is 0.276. The molecule has 1 aliphatic carbocycles. The first-order valence-electron chi connectivity index (χ1n) is 4.96. The number of nitrogens with two attached hydrogens (primary N) is 1. The van der Waals surface area contributed by atoms with Crippen LogP contribution in [-0.4, -0.2) is 6.04 Å². The van der Waals surface area contributed by atoms with E-state index in [1.54, 1.807) is 0 Å². The molecule has 2 N–H and O–H groups in total. The van der Waals surface area contributed by atoms with Crippen LogP contribution >= 0.6 is 15.9 Å². The smallest absolute Gasteiger partial charge is 0.0178 e. The lowest BCUT2D eigenvalue weighted by Gasteiger charge is -2.07. The largest absolute Gasteiger partial charge is 0.327 e. The highest BCUT2D eigenvalue weighted by atomic mass is 79.9. The summed E-state index contributed by atoms with van der Waals surface area (Å²) in [6.07, 6.45) is 0. The van der Waals surface area contributed by atoms with Crippen molar-refractivity contribution in [2.24, 2.45) is 11.1 Å². The van der Waals surface area contributed by atoms with Gasteiger partial charge in [0.1, 0.15) is 0 Å². The third-order valence-corrected chi connectivity index (χ3v) is 3.97. The zero-order chi connectivity index (χ0) is 10.5. The summed E-state index contributed by atoms with van der Waals surface area (Å²) in [4.78, 5) is 0. The van der Waals surface area contributed by atoms with Gasteiger partial charge in [0.05, 0.1) is 0 Å². The quantitative estimate of drug-likeness (QED) is 0.818. The van der Waals surface area contributed by atoms with Crippen molar-refractivity contribution in [3.05, 3.63) is 33.8 Å². The summed E-state index contributed by atoms with van der Waals surface area (Å²) in [6.45, 7) is 6.63. The molecule has 14 heavy (non-hydrogen) atoms. The SMILES string of the molecule is Cc1cc(Br)ccc1[C@@H]1[C@@H](N)C1(C)C. The fourth-order valence-electron chi connectivity index (χ4n) is 2.26. The van der Waals surface area contributed by atoms with Crippen LogP contribution in [0.4, 0.5) is 0 Å². The summed E-state index contributed by atoms with van der Waals surface area (Å²) in [5, 5.41) is 0. The zero-order valence-corrected chi connectivity index (χ0v) is 10.4. The second-order valence-corrected chi connectivity index (χ2v) is 5.74. The van der Waals surface area contributed by atoms with E-state index in [9.17, 15) is 0 Å². The lowest BCUT2D eigenvalue weighted by Crippen LogP contribution is -2.06. The first kappa shape index (κ1) is 10.2. The average molecular weight is 254 g/mol. The van der Waals surface area contributed by atoms with Gasteiger partial charge < -0.3 is 5.73 Å². The molecule has 1 aromatic rings. The van der Waals surface area contributed by atoms with E-state index in [2.05, 4.69) is 54.9 Å². The Morgan fingerprint density at radius 2 is 1.93 bits per heavy atom. The molecule has 0 unspecified atom stereocenters. The number of aryl methyl sites for hydroxylation is 1. The lowest BCUT2D eigenvalue weighted by molar-refractivity contribution is 0.598. The van der Waals surface area contributed by atoms with Crippen molar-refractivity contribution in [3.63, 3.8) is 0 Å². The number of benzene rings is 1. The monoisotopic (exact) mass is 253 g/mol. The lowest BCUT2D eigenvalue weighted by atomic mass is 9.99. The minimum Gasteiger partial charge on any atom is -0.327 e. The molecule has 0 saturated heterocycles. The molecule has 1 aromatic carbocycles. The summed E-state index contributed by atoms with van der Waals surface area (Å²) in [7, 11) is 0. The molecule has 1 saturated carbocycles. The molecule has 1 fully saturated rings. The van der Waals surface area contributed by atoms with Gasteiger partial charge in [-0.15, -0.1) is 0 Å². The van der Waals surface area contributed by atoms with Gasteiger partial charge in [-0.1, -0.05) is 35.8 Å². The Morgan fingerprint density at radius 1 is 1.36 bits per heavy atom. The first-order chi connectivity index (χ1) is 6.44. The van der Waals surface area contributed by atoms with Crippen LogP contribution in [0, 0.1) is 12.3 Å². The molecule has 0 amide bonds. The molecule has 76 valence electrons. The van der Waals surface area contributed by atoms with E-state index < -0.39 is 0 Å². The Bertz CT molecular complexity index is 371. The van der Waals surface area contributed by atoms with Crippen LogP contribution < -0.4 is 5.73 Å². The molecule has 0 bridgehead atoms. The molecule has 1 nitrogen and oxygen atoms in total. The predicted octanol–water partition coefficient (Wildman–Crippen LogP) is 3.21. The van der Waals surface area contributed by atoms with E-state index in [-0.39, 0.29) is 5.41 Å². The van der Waals surface area contributed by atoms with Crippen LogP contribution in [0.15, 0.2) is 22.7 Å². The van der Waals surface area contributed by atoms with Crippen LogP contribution in [0.3, 0.4) is 0 Å². The number of halogens is 1. The third kappa shape index (κ3) is 1.41. The first-order valence-corrected chi connectivity index (χ1v) is 5.75. The molecule has 2 rings (SSSR count). The highest BCUT2D eigenvalue weighted by Crippen LogP contribution is 2.57. The normalized spacial score (nSPS) is 28.9. The van der Waals surface area contributed by atoms with Crippen LogP contribution in [0.1, 0.15) is 30.9 Å². The molecule has 0 aliphatic heterocycles. The minimum atomic E-state index is 0.276. The maximum Gasteiger partial charge on any atom is 0.0178 e. The predicted molar refractivity (Wildman–Crippen MR) is 63.4 cm³/mol. The van der Waals surface area contributed by atoms with Crippen molar-refractivity contribution < 1.29 is 0 Å². The van der Waals surface area contributed by atoms with Crippen LogP contribution in [0.5, 0.6) is 0 Å². The van der Waals surface area contributed by atoms with Crippen LogP contribution in [0.25, 0.3) is 0 Å². The topological polar surface area (TPSA) is 26.0 Å². The van der Waals surface area contributed by atoms with Gasteiger partial charge in [0, 0.05) is 16.4 Å². The molecule has 0 spiro atoms. The summed E-state index contributed by atoms with van der Waals surface area (Å²) in [5.74, 6) is 0.538. The Kier molecular flexibility index (Phi) is 2.24. The van der Waals surface area contributed by atoms with Gasteiger partial charge in [0.15, 0.2) is 0 Å². The van der Waals surface area contributed by atoms with Gasteiger partial charge in [-0.3, -0.25) is 0 Å². The summed E-state index contributed by atoms with van der Waals surface area (Å²) >= 11 is 3.48. The second-order valence-electron chi connectivity index (χ2n) is 4.83. The van der Waals surface area contributed by atoms with Crippen molar-refractivity contribution in [3.8, 4) is 0 Å². The van der Waals surface area contributed by atoms with E-state index in [1.807, 2.05) is 0 Å². The fraction of sp³-hybridized carbons (Fsp3) is 0.500. The Balaban J connectivity index is 2.36. The van der Waals surface area contributed by atoms with Gasteiger partial charge in [-0.05, 0) is 35.6 Å². The Morgan fingerprint density at radius 3 is 2.36 bits per heavy atom. The van der Waals surface area contributed by atoms with Gasteiger partial charge in [0.2, 0.25) is 0 Å². The van der Waals surface area contributed by atoms with Crippen molar-refractivity contribution >= 4 is 15.9 Å². The maximum absolute atomic E-state index is 6.07. The molecule has 1 aliphatic rings. The van der Waals surface area contributed by atoms with Crippen molar-refractivity contribution in [2.45, 2.75) is 32.7 Å². The number of hydrogen-bond acceptors (Lipinski definition) is 1. The molecule has 2 heteroatoms. The van der Waals surface area contributed by atoms with Crippen LogP contribution in [0.2, 0.25) is 0 Å². The van der Waals surface area contributed by atoms with Gasteiger partial charge in [-0.2, -0.15) is 0 Å². The fourth-order valence-corrected chi connectivity index (χ4v) is 2.74. The van der Waals surface area contributed by atoms with Crippen molar-refractivity contribution in [1.29, 1.82) is 0 Å². The number of hydrogen-bond donors (Lipinski definition) is 1. The van der Waals surface area contributed by atoms with E-state index in [0.29, 0.717) is 12.0 Å². The summed E-state index contributed by atoms with van der Waals surface area (Å²) in [5.41, 5.74) is 9.09. The molecule has 2 atom stereocenters. The van der Waals surface area contributed by atoms with E-state index in [1.165, 1.54) is 11.1 Å². The summed E-state index contributed by atoms with van der Waals surface area (Å²) < 4.78 is 1.14. The second kappa shape index (κ2) is 3.07. The average Bonchev–Trinajstić information content (AvgIpc) is 2.54. The molecular weight excluding hydrogens is 238 g/mol. The molecule has 0 heterocycles. The molecule has 0 radical (unpaired) electrons. The summed E-state index contributed by atoms with van der Waals surface area (Å²) in [6, 6.07) is 6.78. The standard InChI is InChI=1S/C12H16BrN/c1-7-6-8(13)4-5-9(7)10-11(14)12(10,2)3/h4-6,10-11H,14H2,1-3H3/t10-,11-/m1/s1. The highest BCUT2D eigenvalue weighted by Gasteiger charge is 2.56. The van der Waals surface area contributed by atoms with Crippen LogP contribution in [-0.2, 0) is 0 Å². The van der Waals surface area contributed by atoms with E-state index in [4.69, 9.17) is 5.73 Å². The highest BCUT2D eigenvalue weighted by molar-refractivity contribution is 9.10. The third-order valence-electron chi connectivity index (χ3n) is 3.48. The molecular formula is C12H16BrN. The van der Waals surface area contributed by atoms with E-state index in [0.717, 1.165) is 4.47 Å². The Hall–Kier alpha value is -0.340. The van der Waals surface area contributed by atoms with Gasteiger partial charge in [-0.25, -0.2) is 0 Å². The van der Waals surface area contributed by atoms with Crippen molar-refractivity contribution in [1.82, 2.24) is 0 Å². The zero-order valence-electron chi connectivity index (χ0n) is 8.84. The Labute approximate surface area is 93.8 Å². The maximum atomic E-state index is 6.07. The van der Waals surface area contributed by atoms with Gasteiger partial charge in [0.25, 0.3) is 0 Å². The molecule has 0 aromatic heterocycles. The van der Waals surface area contributed by atoms with Crippen molar-refractivity contribution in [2.75, 3.05) is 0 Å².